The van der Waals surface area contributed by atoms with Gasteiger partial charge < -0.3 is 14.7 Å². The Balaban J connectivity index is 1.80. The highest BCUT2D eigenvalue weighted by molar-refractivity contribution is 8.14. The molecule has 6 heteroatoms. The predicted octanol–water partition coefficient (Wildman–Crippen LogP) is 1.82. The summed E-state index contributed by atoms with van der Waals surface area (Å²) in [6.07, 6.45) is 0.446. The molecule has 1 aromatic carbocycles. The van der Waals surface area contributed by atoms with Gasteiger partial charge in [-0.1, -0.05) is 23.9 Å². The molecule has 1 atom stereocenters. The number of piperazine rings is 1. The van der Waals surface area contributed by atoms with E-state index in [-0.39, 0.29) is 16.3 Å². The number of rotatable bonds is 3. The van der Waals surface area contributed by atoms with Crippen LogP contribution in [0.4, 0.5) is 11.4 Å². The number of benzene rings is 1. The highest BCUT2D eigenvalue weighted by atomic mass is 32.2. The Hall–Kier alpha value is -1.53. The van der Waals surface area contributed by atoms with Crippen molar-refractivity contribution >= 4 is 34.2 Å². The van der Waals surface area contributed by atoms with E-state index in [4.69, 9.17) is 0 Å². The van der Waals surface area contributed by atoms with Gasteiger partial charge in [0.05, 0.1) is 11.4 Å². The fourth-order valence-electron chi connectivity index (χ4n) is 3.23. The summed E-state index contributed by atoms with van der Waals surface area (Å²) in [7, 11) is 2.14. The first-order valence-electron chi connectivity index (χ1n) is 8.04. The van der Waals surface area contributed by atoms with Crippen LogP contribution < -0.4 is 9.80 Å². The van der Waals surface area contributed by atoms with Gasteiger partial charge in [0.2, 0.25) is 5.91 Å². The van der Waals surface area contributed by atoms with Crippen molar-refractivity contribution in [1.29, 1.82) is 0 Å². The van der Waals surface area contributed by atoms with Crippen molar-refractivity contribution in [3.63, 3.8) is 0 Å². The number of hydrogen-bond acceptors (Lipinski definition) is 5. The Morgan fingerprint density at radius 3 is 2.43 bits per heavy atom. The standard InChI is InChI=1S/C17H23N3O2S/c1-13(21)23-14-11-17(22)20(12-14)16-6-4-3-5-15(16)19-9-7-18(2)8-10-19/h3-6,14H,7-12H2,1-2H3. The molecule has 0 N–H and O–H groups in total. The van der Waals surface area contributed by atoms with Crippen molar-refractivity contribution in [3.8, 4) is 0 Å². The van der Waals surface area contributed by atoms with E-state index in [1.165, 1.54) is 11.8 Å². The van der Waals surface area contributed by atoms with Gasteiger partial charge in [-0.25, -0.2) is 0 Å². The van der Waals surface area contributed by atoms with Gasteiger partial charge in [0.15, 0.2) is 5.12 Å². The van der Waals surface area contributed by atoms with Gasteiger partial charge in [-0.3, -0.25) is 9.59 Å². The SMILES string of the molecule is CC(=O)SC1CC(=O)N(c2ccccc2N2CCN(C)CC2)C1. The van der Waals surface area contributed by atoms with Crippen molar-refractivity contribution in [1.82, 2.24) is 4.90 Å². The van der Waals surface area contributed by atoms with Gasteiger partial charge in [-0.2, -0.15) is 0 Å². The number of amides is 1. The molecule has 1 unspecified atom stereocenters. The van der Waals surface area contributed by atoms with Gasteiger partial charge in [0.25, 0.3) is 0 Å². The average molecular weight is 333 g/mol. The van der Waals surface area contributed by atoms with Crippen molar-refractivity contribution in [2.75, 3.05) is 49.6 Å². The van der Waals surface area contributed by atoms with Gasteiger partial charge >= 0.3 is 0 Å². The van der Waals surface area contributed by atoms with Crippen LogP contribution in [0.15, 0.2) is 24.3 Å². The van der Waals surface area contributed by atoms with E-state index in [0.29, 0.717) is 13.0 Å². The molecule has 0 spiro atoms. The minimum atomic E-state index is 0.0699. The number of para-hydroxylation sites is 2. The highest BCUT2D eigenvalue weighted by Gasteiger charge is 2.33. The number of thioether (sulfide) groups is 1. The van der Waals surface area contributed by atoms with Gasteiger partial charge in [-0.05, 0) is 19.2 Å². The van der Waals surface area contributed by atoms with Crippen molar-refractivity contribution < 1.29 is 9.59 Å². The molecule has 5 nitrogen and oxygen atoms in total. The van der Waals surface area contributed by atoms with Gasteiger partial charge in [0.1, 0.15) is 0 Å². The molecule has 2 saturated heterocycles. The second-order valence-corrected chi connectivity index (χ2v) is 7.70. The summed E-state index contributed by atoms with van der Waals surface area (Å²) in [5.74, 6) is 0.116. The minimum absolute atomic E-state index is 0.0699. The van der Waals surface area contributed by atoms with E-state index in [2.05, 4.69) is 22.9 Å². The lowest BCUT2D eigenvalue weighted by molar-refractivity contribution is -0.117. The van der Waals surface area contributed by atoms with Gasteiger partial charge in [0, 0.05) is 51.3 Å². The molecule has 0 saturated carbocycles. The van der Waals surface area contributed by atoms with Crippen LogP contribution in [-0.2, 0) is 9.59 Å². The van der Waals surface area contributed by atoms with Gasteiger partial charge in [-0.15, -0.1) is 0 Å². The Morgan fingerprint density at radius 2 is 1.78 bits per heavy atom. The van der Waals surface area contributed by atoms with Crippen LogP contribution >= 0.6 is 11.8 Å². The summed E-state index contributed by atoms with van der Waals surface area (Å²) in [6.45, 7) is 6.20. The van der Waals surface area contributed by atoms with Crippen molar-refractivity contribution in [3.05, 3.63) is 24.3 Å². The number of anilines is 2. The van der Waals surface area contributed by atoms with Crippen molar-refractivity contribution in [2.24, 2.45) is 0 Å². The van der Waals surface area contributed by atoms with E-state index >= 15 is 0 Å². The summed E-state index contributed by atoms with van der Waals surface area (Å²) in [4.78, 5) is 30.3. The Kier molecular flexibility index (Phi) is 4.92. The minimum Gasteiger partial charge on any atom is -0.367 e. The summed E-state index contributed by atoms with van der Waals surface area (Å²) >= 11 is 1.28. The fourth-order valence-corrected chi connectivity index (χ4v) is 4.15. The molecule has 23 heavy (non-hydrogen) atoms. The lowest BCUT2D eigenvalue weighted by atomic mass is 10.2. The maximum absolute atomic E-state index is 12.4. The molecule has 124 valence electrons. The van der Waals surface area contributed by atoms with E-state index in [0.717, 1.165) is 37.6 Å². The zero-order valence-electron chi connectivity index (χ0n) is 13.7. The molecule has 0 aromatic heterocycles. The fraction of sp³-hybridized carbons (Fsp3) is 0.529. The average Bonchev–Trinajstić information content (AvgIpc) is 2.87. The molecule has 0 bridgehead atoms. The second-order valence-electron chi connectivity index (χ2n) is 6.22. The van der Waals surface area contributed by atoms with Crippen LogP contribution in [0.2, 0.25) is 0 Å². The summed E-state index contributed by atoms with van der Waals surface area (Å²) in [5.41, 5.74) is 2.11. The zero-order chi connectivity index (χ0) is 16.4. The summed E-state index contributed by atoms with van der Waals surface area (Å²) in [6, 6.07) is 8.12. The molecule has 1 amide bonds. The van der Waals surface area contributed by atoms with E-state index in [1.807, 2.05) is 23.1 Å². The largest absolute Gasteiger partial charge is 0.367 e. The van der Waals surface area contributed by atoms with Crippen LogP contribution in [0, 0.1) is 0 Å². The normalized spacial score (nSPS) is 22.7. The maximum Gasteiger partial charge on any atom is 0.228 e. The van der Waals surface area contributed by atoms with Crippen LogP contribution in [0.5, 0.6) is 0 Å². The number of likely N-dealkylation sites (N-methyl/N-ethyl adjacent to an activating group) is 1. The van der Waals surface area contributed by atoms with E-state index < -0.39 is 0 Å². The molecule has 2 aliphatic heterocycles. The van der Waals surface area contributed by atoms with Crippen LogP contribution in [0.25, 0.3) is 0 Å². The van der Waals surface area contributed by atoms with E-state index in [9.17, 15) is 9.59 Å². The monoisotopic (exact) mass is 333 g/mol. The molecule has 2 aliphatic rings. The predicted molar refractivity (Wildman–Crippen MR) is 95.2 cm³/mol. The third-order valence-electron chi connectivity index (χ3n) is 4.44. The lowest BCUT2D eigenvalue weighted by Crippen LogP contribution is -2.45. The number of hydrogen-bond donors (Lipinski definition) is 0. The van der Waals surface area contributed by atoms with Crippen molar-refractivity contribution in [2.45, 2.75) is 18.6 Å². The molecule has 0 aliphatic carbocycles. The zero-order valence-corrected chi connectivity index (χ0v) is 14.5. The van der Waals surface area contributed by atoms with Crippen LogP contribution in [0.3, 0.4) is 0 Å². The van der Waals surface area contributed by atoms with E-state index in [1.54, 1.807) is 6.92 Å². The van der Waals surface area contributed by atoms with Crippen LogP contribution in [-0.4, -0.2) is 60.9 Å². The maximum atomic E-state index is 12.4. The topological polar surface area (TPSA) is 43.9 Å². The Morgan fingerprint density at radius 1 is 1.13 bits per heavy atom. The second kappa shape index (κ2) is 6.93. The molecular formula is C17H23N3O2S. The lowest BCUT2D eigenvalue weighted by Gasteiger charge is -2.36. The molecular weight excluding hydrogens is 310 g/mol. The molecule has 3 rings (SSSR count). The quantitative estimate of drug-likeness (QED) is 0.844. The molecule has 0 radical (unpaired) electrons. The first-order chi connectivity index (χ1) is 11.0. The molecule has 2 fully saturated rings. The molecule has 2 heterocycles. The third-order valence-corrected chi connectivity index (χ3v) is 5.42. The Bertz CT molecular complexity index is 599. The van der Waals surface area contributed by atoms with Crippen LogP contribution in [0.1, 0.15) is 13.3 Å². The number of nitrogens with zero attached hydrogens (tertiary/aromatic N) is 3. The smallest absolute Gasteiger partial charge is 0.228 e. The summed E-state index contributed by atoms with van der Waals surface area (Å²) < 4.78 is 0. The highest BCUT2D eigenvalue weighted by Crippen LogP contribution is 2.35. The summed E-state index contributed by atoms with van der Waals surface area (Å²) in [5, 5.41) is 0.151. The number of carbonyl (C=O) groups excluding carboxylic acids is 2. The third kappa shape index (κ3) is 3.70. The Labute approximate surface area is 141 Å². The first-order valence-corrected chi connectivity index (χ1v) is 8.92. The number of carbonyl (C=O) groups is 2. The molecule has 1 aromatic rings. The first kappa shape index (κ1) is 16.3.